The molecule has 44 heavy (non-hydrogen) atoms. The predicted octanol–water partition coefficient (Wildman–Crippen LogP) is 3.59. The third-order valence-corrected chi connectivity index (χ3v) is 8.93. The summed E-state index contributed by atoms with van der Waals surface area (Å²) in [5.74, 6) is 0.737. The van der Waals surface area contributed by atoms with Crippen molar-refractivity contribution in [2.45, 2.75) is 72.0 Å². The summed E-state index contributed by atoms with van der Waals surface area (Å²) in [5.41, 5.74) is 0.314. The average molecular weight is 616 g/mol. The van der Waals surface area contributed by atoms with Crippen LogP contribution in [0.15, 0.2) is 24.5 Å². The summed E-state index contributed by atoms with van der Waals surface area (Å²) in [6, 6.07) is 4.38. The quantitative estimate of drug-likeness (QED) is 0.272. The van der Waals surface area contributed by atoms with Gasteiger partial charge < -0.3 is 29.7 Å². The number of methoxy groups -OCH3 is 1. The van der Waals surface area contributed by atoms with Crippen molar-refractivity contribution in [2.75, 3.05) is 64.5 Å². The highest BCUT2D eigenvalue weighted by Gasteiger charge is 2.50. The van der Waals surface area contributed by atoms with Crippen LogP contribution in [0, 0.1) is 17.2 Å². The van der Waals surface area contributed by atoms with Crippen molar-refractivity contribution in [3.8, 4) is 11.6 Å². The first-order valence-electron chi connectivity index (χ1n) is 15.9. The molecule has 2 fully saturated rings. The SMILES string of the molecule is CCN(C(=O)c1cc(F)ccc1Oc1nncnc1N1CCC2(C1)CN([C@H](CCCN[C@@H](CO)COC)C(C)C)C2)C(C)C. The van der Waals surface area contributed by atoms with Crippen LogP contribution in [0.25, 0.3) is 0 Å². The molecule has 0 aliphatic carbocycles. The smallest absolute Gasteiger partial charge is 0.282 e. The number of likely N-dealkylation sites (tertiary alicyclic amines) is 1. The Morgan fingerprint density at radius 3 is 2.66 bits per heavy atom. The first-order chi connectivity index (χ1) is 21.1. The van der Waals surface area contributed by atoms with E-state index in [9.17, 15) is 14.3 Å². The van der Waals surface area contributed by atoms with Crippen molar-refractivity contribution in [3.63, 3.8) is 0 Å². The molecule has 2 saturated heterocycles. The van der Waals surface area contributed by atoms with E-state index in [1.165, 1.54) is 24.5 Å². The third-order valence-electron chi connectivity index (χ3n) is 8.93. The van der Waals surface area contributed by atoms with Crippen LogP contribution >= 0.6 is 0 Å². The Labute approximate surface area is 261 Å². The maximum absolute atomic E-state index is 14.3. The lowest BCUT2D eigenvalue weighted by atomic mass is 9.76. The molecular formula is C32H50FN7O4. The van der Waals surface area contributed by atoms with Crippen LogP contribution in [0.3, 0.4) is 0 Å². The van der Waals surface area contributed by atoms with Crippen LogP contribution in [0.1, 0.15) is 64.2 Å². The van der Waals surface area contributed by atoms with E-state index < -0.39 is 5.82 Å². The van der Waals surface area contributed by atoms with Crippen molar-refractivity contribution in [3.05, 3.63) is 35.9 Å². The van der Waals surface area contributed by atoms with Gasteiger partial charge in [-0.2, -0.15) is 0 Å². The molecule has 0 radical (unpaired) electrons. The molecule has 1 aromatic carbocycles. The van der Waals surface area contributed by atoms with Gasteiger partial charge in [0.15, 0.2) is 5.82 Å². The Kier molecular flexibility index (Phi) is 11.9. The molecule has 2 aromatic rings. The van der Waals surface area contributed by atoms with Crippen molar-refractivity contribution < 1.29 is 23.8 Å². The van der Waals surface area contributed by atoms with Crippen LogP contribution in [0.2, 0.25) is 0 Å². The number of rotatable bonds is 16. The summed E-state index contributed by atoms with van der Waals surface area (Å²) in [6.45, 7) is 15.9. The van der Waals surface area contributed by atoms with E-state index in [1.54, 1.807) is 12.0 Å². The normalized spacial score (nSPS) is 17.7. The maximum Gasteiger partial charge on any atom is 0.282 e. The zero-order chi connectivity index (χ0) is 31.9. The molecule has 2 aliphatic heterocycles. The van der Waals surface area contributed by atoms with E-state index in [0.717, 1.165) is 52.0 Å². The summed E-state index contributed by atoms with van der Waals surface area (Å²) in [4.78, 5) is 24.3. The number of aliphatic hydroxyl groups is 1. The number of amides is 1. The molecule has 2 atom stereocenters. The number of anilines is 1. The Morgan fingerprint density at radius 2 is 2.00 bits per heavy atom. The van der Waals surface area contributed by atoms with Gasteiger partial charge in [-0.3, -0.25) is 9.69 Å². The van der Waals surface area contributed by atoms with E-state index in [2.05, 4.69) is 44.1 Å². The highest BCUT2D eigenvalue weighted by Crippen LogP contribution is 2.44. The van der Waals surface area contributed by atoms with Gasteiger partial charge in [0.1, 0.15) is 17.9 Å². The lowest BCUT2D eigenvalue weighted by molar-refractivity contribution is -0.0340. The van der Waals surface area contributed by atoms with Crippen LogP contribution in [0.5, 0.6) is 11.6 Å². The Balaban J connectivity index is 1.40. The number of nitrogens with one attached hydrogen (secondary N) is 1. The third kappa shape index (κ3) is 8.01. The molecule has 0 saturated carbocycles. The van der Waals surface area contributed by atoms with Crippen molar-refractivity contribution in [1.29, 1.82) is 0 Å². The van der Waals surface area contributed by atoms with Gasteiger partial charge >= 0.3 is 0 Å². The summed E-state index contributed by atoms with van der Waals surface area (Å²) in [7, 11) is 1.65. The van der Waals surface area contributed by atoms with Gasteiger partial charge in [-0.15, -0.1) is 10.2 Å². The second-order valence-electron chi connectivity index (χ2n) is 12.8. The lowest BCUT2D eigenvalue weighted by Gasteiger charge is -2.53. The first-order valence-corrected chi connectivity index (χ1v) is 15.9. The first kappa shape index (κ1) is 34.0. The number of benzene rings is 1. The summed E-state index contributed by atoms with van der Waals surface area (Å²) in [5, 5.41) is 21.1. The fraction of sp³-hybridized carbons (Fsp3) is 0.688. The molecule has 0 unspecified atom stereocenters. The van der Waals surface area contributed by atoms with Crippen LogP contribution < -0.4 is 15.0 Å². The molecule has 1 spiro atoms. The standard InChI is InChI=1S/C32H50FN7O4/c1-7-40(23(4)5)31(42)26-15-24(33)10-11-28(26)44-30-29(35-21-36-37-30)38-14-12-32(18-38)19-39(20-32)27(22(2)3)9-8-13-34-25(16-41)17-43-6/h10-11,15,21-23,25,27,34,41H,7-9,12-14,16-20H2,1-6H3/t25-,27+/m0/s1. The molecule has 2 N–H and O–H groups in total. The number of nitrogens with zero attached hydrogens (tertiary/aromatic N) is 6. The van der Waals surface area contributed by atoms with E-state index in [4.69, 9.17) is 9.47 Å². The minimum absolute atomic E-state index is 0.0272. The number of carbonyl (C=O) groups is 1. The van der Waals surface area contributed by atoms with Gasteiger partial charge in [0.05, 0.1) is 24.8 Å². The number of hydrogen-bond donors (Lipinski definition) is 2. The number of halogens is 1. The van der Waals surface area contributed by atoms with Gasteiger partial charge in [-0.05, 0) is 70.7 Å². The molecule has 1 amide bonds. The van der Waals surface area contributed by atoms with Gasteiger partial charge in [0.2, 0.25) is 0 Å². The second kappa shape index (κ2) is 15.4. The number of hydrogen-bond acceptors (Lipinski definition) is 10. The van der Waals surface area contributed by atoms with Gasteiger partial charge in [-0.25, -0.2) is 9.37 Å². The van der Waals surface area contributed by atoms with Gasteiger partial charge in [0, 0.05) is 57.3 Å². The number of ether oxygens (including phenoxy) is 2. The van der Waals surface area contributed by atoms with E-state index >= 15 is 0 Å². The van der Waals surface area contributed by atoms with Crippen LogP contribution in [0.4, 0.5) is 10.2 Å². The molecule has 11 nitrogen and oxygen atoms in total. The molecule has 12 heteroatoms. The minimum atomic E-state index is -0.509. The molecule has 1 aromatic heterocycles. The summed E-state index contributed by atoms with van der Waals surface area (Å²) < 4.78 is 25.6. The molecular weight excluding hydrogens is 565 g/mol. The largest absolute Gasteiger partial charge is 0.434 e. The molecule has 244 valence electrons. The predicted molar refractivity (Wildman–Crippen MR) is 168 cm³/mol. The fourth-order valence-electron chi connectivity index (χ4n) is 6.66. The van der Waals surface area contributed by atoms with Crippen molar-refractivity contribution >= 4 is 11.7 Å². The van der Waals surface area contributed by atoms with Gasteiger partial charge in [0.25, 0.3) is 11.8 Å². The second-order valence-corrected chi connectivity index (χ2v) is 12.8. The average Bonchev–Trinajstić information content (AvgIpc) is 3.43. The Bertz CT molecular complexity index is 1230. The number of carbonyl (C=O) groups excluding carboxylic acids is 1. The highest BCUT2D eigenvalue weighted by molar-refractivity contribution is 5.97. The summed E-state index contributed by atoms with van der Waals surface area (Å²) >= 11 is 0. The zero-order valence-corrected chi connectivity index (χ0v) is 27.1. The summed E-state index contributed by atoms with van der Waals surface area (Å²) in [6.07, 6.45) is 4.57. The molecule has 0 bridgehead atoms. The molecule has 3 heterocycles. The van der Waals surface area contributed by atoms with E-state index in [1.807, 2.05) is 20.8 Å². The lowest BCUT2D eigenvalue weighted by Crippen LogP contribution is -2.62. The highest BCUT2D eigenvalue weighted by atomic mass is 19.1. The zero-order valence-electron chi connectivity index (χ0n) is 27.1. The Hall–Kier alpha value is -2.93. The molecule has 2 aliphatic rings. The maximum atomic E-state index is 14.3. The number of aromatic nitrogens is 3. The van der Waals surface area contributed by atoms with E-state index in [-0.39, 0.29) is 47.2 Å². The topological polar surface area (TPSA) is 116 Å². The monoisotopic (exact) mass is 615 g/mol. The van der Waals surface area contributed by atoms with Crippen LogP contribution in [-0.2, 0) is 4.74 Å². The van der Waals surface area contributed by atoms with Crippen molar-refractivity contribution in [1.82, 2.24) is 30.3 Å². The van der Waals surface area contributed by atoms with Crippen molar-refractivity contribution in [2.24, 2.45) is 11.3 Å². The Morgan fingerprint density at radius 1 is 1.23 bits per heavy atom. The van der Waals surface area contributed by atoms with E-state index in [0.29, 0.717) is 30.9 Å². The molecule has 4 rings (SSSR count). The van der Waals surface area contributed by atoms with Gasteiger partial charge in [-0.1, -0.05) is 13.8 Å². The fourth-order valence-corrected chi connectivity index (χ4v) is 6.66. The minimum Gasteiger partial charge on any atom is -0.434 e. The number of aliphatic hydroxyl groups excluding tert-OH is 1. The van der Waals surface area contributed by atoms with Crippen LogP contribution in [-0.4, -0.2) is 114 Å².